The maximum Gasteiger partial charge on any atom is 0.228 e. The van der Waals surface area contributed by atoms with Gasteiger partial charge in [0.1, 0.15) is 0 Å². The number of benzene rings is 1. The number of carbonyl (C=O) groups is 1. The van der Waals surface area contributed by atoms with Gasteiger partial charge in [0.2, 0.25) is 5.91 Å². The summed E-state index contributed by atoms with van der Waals surface area (Å²) >= 11 is 0. The number of hydrogen-bond donors (Lipinski definition) is 1. The van der Waals surface area contributed by atoms with Gasteiger partial charge in [0.05, 0.1) is 0 Å². The predicted octanol–water partition coefficient (Wildman–Crippen LogP) is 2.08. The highest BCUT2D eigenvalue weighted by Gasteiger charge is 2.32. The molecule has 19 heavy (non-hydrogen) atoms. The van der Waals surface area contributed by atoms with Gasteiger partial charge in [-0.3, -0.25) is 4.79 Å². The smallest absolute Gasteiger partial charge is 0.228 e. The Labute approximate surface area is 116 Å². The van der Waals surface area contributed by atoms with Gasteiger partial charge in [0, 0.05) is 25.0 Å². The van der Waals surface area contributed by atoms with Crippen molar-refractivity contribution in [2.24, 2.45) is 5.41 Å². The van der Waals surface area contributed by atoms with Crippen LogP contribution in [0.1, 0.15) is 25.8 Å². The van der Waals surface area contributed by atoms with E-state index in [0.29, 0.717) is 0 Å². The monoisotopic (exact) mass is 260 g/mol. The molecule has 1 saturated heterocycles. The molecule has 3 heteroatoms. The van der Waals surface area contributed by atoms with Crippen LogP contribution in [0.25, 0.3) is 0 Å². The Balaban J connectivity index is 2.03. The van der Waals surface area contributed by atoms with Gasteiger partial charge in [0.15, 0.2) is 0 Å². The Morgan fingerprint density at radius 2 is 1.95 bits per heavy atom. The average molecular weight is 260 g/mol. The second kappa shape index (κ2) is 6.20. The molecular weight excluding hydrogens is 236 g/mol. The van der Waals surface area contributed by atoms with E-state index in [1.807, 2.05) is 23.1 Å². The largest absolute Gasteiger partial charge is 0.341 e. The third-order valence-corrected chi connectivity index (χ3v) is 3.70. The Morgan fingerprint density at radius 1 is 1.21 bits per heavy atom. The molecule has 3 nitrogen and oxygen atoms in total. The molecule has 0 atom stereocenters. The molecule has 0 spiro atoms. The van der Waals surface area contributed by atoms with E-state index in [0.717, 1.165) is 39.0 Å². The molecule has 1 aliphatic rings. The van der Waals surface area contributed by atoms with Crippen LogP contribution >= 0.6 is 0 Å². The summed E-state index contributed by atoms with van der Waals surface area (Å²) in [6.45, 7) is 7.75. The van der Waals surface area contributed by atoms with E-state index < -0.39 is 0 Å². The van der Waals surface area contributed by atoms with Crippen LogP contribution in [0.2, 0.25) is 0 Å². The second-order valence-electron chi connectivity index (χ2n) is 5.94. The van der Waals surface area contributed by atoms with Gasteiger partial charge in [-0.2, -0.15) is 0 Å². The van der Waals surface area contributed by atoms with Gasteiger partial charge in [-0.05, 0) is 24.9 Å². The first-order valence-corrected chi connectivity index (χ1v) is 7.14. The van der Waals surface area contributed by atoms with Crippen LogP contribution in [0.15, 0.2) is 30.3 Å². The normalized spacial score (nSPS) is 17.1. The molecule has 1 aromatic carbocycles. The van der Waals surface area contributed by atoms with Crippen LogP contribution in [0.4, 0.5) is 0 Å². The summed E-state index contributed by atoms with van der Waals surface area (Å²) < 4.78 is 0. The average Bonchev–Trinajstić information content (AvgIpc) is 2.67. The highest BCUT2D eigenvalue weighted by molar-refractivity contribution is 5.82. The zero-order valence-corrected chi connectivity index (χ0v) is 12.0. The van der Waals surface area contributed by atoms with Gasteiger partial charge in [0.25, 0.3) is 0 Å². The van der Waals surface area contributed by atoms with Crippen molar-refractivity contribution >= 4 is 5.91 Å². The van der Waals surface area contributed by atoms with Crippen LogP contribution in [0.3, 0.4) is 0 Å². The summed E-state index contributed by atoms with van der Waals surface area (Å²) in [6, 6.07) is 10.3. The molecule has 2 rings (SSSR count). The lowest BCUT2D eigenvalue weighted by molar-refractivity contribution is -0.140. The first-order chi connectivity index (χ1) is 9.09. The van der Waals surface area contributed by atoms with Gasteiger partial charge < -0.3 is 10.2 Å². The number of nitrogens with zero attached hydrogens (tertiary/aromatic N) is 1. The SMILES string of the molecule is CC(C)(Cc1ccccc1)C(=O)N1CCCNCC1. The summed E-state index contributed by atoms with van der Waals surface area (Å²) in [4.78, 5) is 14.7. The first kappa shape index (κ1) is 14.1. The summed E-state index contributed by atoms with van der Waals surface area (Å²) in [6.07, 6.45) is 1.85. The first-order valence-electron chi connectivity index (χ1n) is 7.14. The molecule has 0 aromatic heterocycles. The van der Waals surface area contributed by atoms with E-state index in [4.69, 9.17) is 0 Å². The van der Waals surface area contributed by atoms with Crippen LogP contribution in [0, 0.1) is 5.41 Å². The summed E-state index contributed by atoms with van der Waals surface area (Å²) in [5.74, 6) is 0.278. The highest BCUT2D eigenvalue weighted by atomic mass is 16.2. The van der Waals surface area contributed by atoms with E-state index in [2.05, 4.69) is 31.3 Å². The van der Waals surface area contributed by atoms with Crippen molar-refractivity contribution in [3.63, 3.8) is 0 Å². The molecule has 1 N–H and O–H groups in total. The fraction of sp³-hybridized carbons (Fsp3) is 0.562. The Hall–Kier alpha value is -1.35. The Kier molecular flexibility index (Phi) is 4.59. The van der Waals surface area contributed by atoms with Gasteiger partial charge in [-0.1, -0.05) is 44.2 Å². The molecule has 0 radical (unpaired) electrons. The number of nitrogens with one attached hydrogen (secondary N) is 1. The van der Waals surface area contributed by atoms with Crippen molar-refractivity contribution in [3.8, 4) is 0 Å². The third kappa shape index (κ3) is 3.80. The molecule has 1 fully saturated rings. The van der Waals surface area contributed by atoms with Crippen LogP contribution < -0.4 is 5.32 Å². The number of carbonyl (C=O) groups excluding carboxylic acids is 1. The van der Waals surface area contributed by atoms with Crippen molar-refractivity contribution in [3.05, 3.63) is 35.9 Å². The highest BCUT2D eigenvalue weighted by Crippen LogP contribution is 2.25. The maximum atomic E-state index is 12.7. The van der Waals surface area contributed by atoms with Gasteiger partial charge in [-0.15, -0.1) is 0 Å². The molecule has 1 amide bonds. The minimum absolute atomic E-state index is 0.278. The summed E-state index contributed by atoms with van der Waals surface area (Å²) in [7, 11) is 0. The van der Waals surface area contributed by atoms with Gasteiger partial charge >= 0.3 is 0 Å². The molecule has 0 saturated carbocycles. The Bertz CT molecular complexity index is 406. The number of rotatable bonds is 3. The number of hydrogen-bond acceptors (Lipinski definition) is 2. The second-order valence-corrected chi connectivity index (χ2v) is 5.94. The quantitative estimate of drug-likeness (QED) is 0.902. The molecule has 1 heterocycles. The molecule has 1 aromatic rings. The molecule has 104 valence electrons. The Morgan fingerprint density at radius 3 is 2.68 bits per heavy atom. The third-order valence-electron chi connectivity index (χ3n) is 3.70. The fourth-order valence-corrected chi connectivity index (χ4v) is 2.66. The topological polar surface area (TPSA) is 32.3 Å². The molecule has 0 bridgehead atoms. The lowest BCUT2D eigenvalue weighted by Gasteiger charge is -2.31. The van der Waals surface area contributed by atoms with E-state index in [1.165, 1.54) is 5.56 Å². The van der Waals surface area contributed by atoms with E-state index >= 15 is 0 Å². The van der Waals surface area contributed by atoms with E-state index in [-0.39, 0.29) is 11.3 Å². The summed E-state index contributed by atoms with van der Waals surface area (Å²) in [5.41, 5.74) is 0.903. The van der Waals surface area contributed by atoms with E-state index in [9.17, 15) is 4.79 Å². The molecular formula is C16H24N2O. The van der Waals surface area contributed by atoms with Crippen LogP contribution in [0.5, 0.6) is 0 Å². The minimum Gasteiger partial charge on any atom is -0.341 e. The maximum absolute atomic E-state index is 12.7. The van der Waals surface area contributed by atoms with Crippen molar-refractivity contribution in [2.75, 3.05) is 26.2 Å². The van der Waals surface area contributed by atoms with Crippen molar-refractivity contribution < 1.29 is 4.79 Å². The minimum atomic E-state index is -0.328. The van der Waals surface area contributed by atoms with Crippen LogP contribution in [-0.2, 0) is 11.2 Å². The van der Waals surface area contributed by atoms with Crippen molar-refractivity contribution in [1.82, 2.24) is 10.2 Å². The van der Waals surface area contributed by atoms with Crippen LogP contribution in [-0.4, -0.2) is 37.0 Å². The molecule has 1 aliphatic heterocycles. The standard InChI is InChI=1S/C16H24N2O/c1-16(2,13-14-7-4-3-5-8-14)15(19)18-11-6-9-17-10-12-18/h3-5,7-8,17H,6,9-13H2,1-2H3. The molecule has 0 unspecified atom stereocenters. The van der Waals surface area contributed by atoms with Gasteiger partial charge in [-0.25, -0.2) is 0 Å². The zero-order chi connectivity index (χ0) is 13.7. The fourth-order valence-electron chi connectivity index (χ4n) is 2.66. The van der Waals surface area contributed by atoms with Crippen molar-refractivity contribution in [1.29, 1.82) is 0 Å². The van der Waals surface area contributed by atoms with E-state index in [1.54, 1.807) is 0 Å². The lowest BCUT2D eigenvalue weighted by atomic mass is 9.84. The lowest BCUT2D eigenvalue weighted by Crippen LogP contribution is -2.43. The van der Waals surface area contributed by atoms with Crippen molar-refractivity contribution in [2.45, 2.75) is 26.7 Å². The summed E-state index contributed by atoms with van der Waals surface area (Å²) in [5, 5.41) is 3.34. The molecule has 0 aliphatic carbocycles. The number of amides is 1. The predicted molar refractivity (Wildman–Crippen MR) is 78.0 cm³/mol. The zero-order valence-electron chi connectivity index (χ0n) is 12.0.